The minimum absolute atomic E-state index is 0.0877. The van der Waals surface area contributed by atoms with E-state index in [1.54, 1.807) is 0 Å². The number of nitrogen functional groups attached to an aromatic ring is 1. The first-order chi connectivity index (χ1) is 11.7. The minimum Gasteiger partial charge on any atom is -0.481 e. The largest absolute Gasteiger partial charge is 0.481 e. The fourth-order valence-corrected chi connectivity index (χ4v) is 3.82. The van der Waals surface area contributed by atoms with E-state index < -0.39 is 44.1 Å². The van der Waals surface area contributed by atoms with Gasteiger partial charge in [-0.3, -0.25) is 14.2 Å². The van der Waals surface area contributed by atoms with Gasteiger partial charge in [-0.25, -0.2) is 4.79 Å². The number of aromatic nitrogens is 2. The van der Waals surface area contributed by atoms with Crippen LogP contribution in [0.5, 0.6) is 0 Å². The first-order valence-electron chi connectivity index (χ1n) is 7.11. The van der Waals surface area contributed by atoms with Crippen molar-refractivity contribution in [1.82, 2.24) is 14.6 Å². The average molecular weight is 377 g/mol. The van der Waals surface area contributed by atoms with Crippen LogP contribution >= 0.6 is 7.87 Å². The summed E-state index contributed by atoms with van der Waals surface area (Å²) >= 11 is 0. The molecule has 0 amide bonds. The van der Waals surface area contributed by atoms with Gasteiger partial charge in [-0.2, -0.15) is 14.4 Å². The van der Waals surface area contributed by atoms with Gasteiger partial charge in [-0.15, -0.1) is 5.09 Å². The number of aliphatic carboxylic acids is 2. The smallest absolute Gasteiger partial charge is 0.371 e. The van der Waals surface area contributed by atoms with Crippen LogP contribution in [0.15, 0.2) is 17.1 Å². The lowest BCUT2D eigenvalue weighted by Crippen LogP contribution is -2.44. The normalized spacial score (nSPS) is 24.6. The zero-order valence-electron chi connectivity index (χ0n) is 12.9. The van der Waals surface area contributed by atoms with E-state index in [2.05, 4.69) is 10.1 Å². The monoisotopic (exact) mass is 377 g/mol. The van der Waals surface area contributed by atoms with Crippen molar-refractivity contribution < 1.29 is 34.0 Å². The highest BCUT2D eigenvalue weighted by molar-refractivity contribution is 7.63. The van der Waals surface area contributed by atoms with Crippen LogP contribution in [-0.2, 0) is 25.4 Å². The summed E-state index contributed by atoms with van der Waals surface area (Å²) in [7, 11) is -3.43. The third-order valence-corrected chi connectivity index (χ3v) is 5.08. The Morgan fingerprint density at radius 1 is 1.52 bits per heavy atom. The van der Waals surface area contributed by atoms with Crippen LogP contribution in [-0.4, -0.2) is 61.7 Å². The van der Waals surface area contributed by atoms with Gasteiger partial charge in [-0.05, 0) is 6.07 Å². The summed E-state index contributed by atoms with van der Waals surface area (Å²) in [5, 5.41) is 20.0. The molecule has 0 aromatic carbocycles. The van der Waals surface area contributed by atoms with Gasteiger partial charge in [0.15, 0.2) is 6.04 Å². The van der Waals surface area contributed by atoms with Gasteiger partial charge in [-0.1, -0.05) is 0 Å². The number of carboxylic acid groups (broad SMARTS) is 2. The molecule has 138 valence electrons. The zero-order chi connectivity index (χ0) is 18.6. The number of anilines is 1. The topological polar surface area (TPSA) is 186 Å². The third kappa shape index (κ3) is 5.44. The maximum Gasteiger partial charge on any atom is 0.371 e. The highest BCUT2D eigenvalue weighted by Gasteiger charge is 2.48. The lowest BCUT2D eigenvalue weighted by molar-refractivity contribution is -0.145. The Labute approximate surface area is 141 Å². The van der Waals surface area contributed by atoms with Crippen molar-refractivity contribution in [3.63, 3.8) is 0 Å². The Balaban J connectivity index is 1.94. The van der Waals surface area contributed by atoms with Gasteiger partial charge >= 0.3 is 25.5 Å². The molecule has 2 rings (SSSR count). The Bertz CT molecular complexity index is 703. The SMILES string of the molecule is Nc1ccn(C[C@H]2CO[P+](O)(N[C@H](CC(=O)O)C(=O)O)CO2)c(=O)n1. The van der Waals surface area contributed by atoms with Crippen molar-refractivity contribution in [2.45, 2.75) is 25.1 Å². The van der Waals surface area contributed by atoms with Crippen LogP contribution in [0.1, 0.15) is 6.42 Å². The third-order valence-electron chi connectivity index (χ3n) is 3.29. The molecule has 6 N–H and O–H groups in total. The number of hydrogen-bond donors (Lipinski definition) is 5. The maximum atomic E-state index is 11.7. The predicted molar refractivity (Wildman–Crippen MR) is 84.6 cm³/mol. The highest BCUT2D eigenvalue weighted by Crippen LogP contribution is 2.54. The van der Waals surface area contributed by atoms with E-state index in [0.717, 1.165) is 0 Å². The number of rotatable bonds is 7. The molecule has 13 heteroatoms. The molecule has 1 unspecified atom stereocenters. The van der Waals surface area contributed by atoms with Crippen molar-refractivity contribution in [3.8, 4) is 0 Å². The minimum atomic E-state index is -3.43. The second kappa shape index (κ2) is 7.85. The molecule has 0 bridgehead atoms. The van der Waals surface area contributed by atoms with Gasteiger partial charge in [0.2, 0.25) is 6.35 Å². The van der Waals surface area contributed by atoms with Gasteiger partial charge in [0.05, 0.1) is 13.0 Å². The Kier molecular flexibility index (Phi) is 6.03. The second-order valence-corrected chi connectivity index (χ2v) is 7.50. The molecule has 1 aliphatic rings. The molecule has 2 heterocycles. The number of nitrogens with two attached hydrogens (primary N) is 1. The number of carboxylic acids is 2. The molecular formula is C12H18N4O8P+. The number of nitrogens with zero attached hydrogens (tertiary/aromatic N) is 2. The van der Waals surface area contributed by atoms with Crippen LogP contribution in [0.2, 0.25) is 0 Å². The summed E-state index contributed by atoms with van der Waals surface area (Å²) in [5.74, 6) is -2.68. The van der Waals surface area contributed by atoms with E-state index in [1.807, 2.05) is 0 Å². The Hall–Kier alpha value is -2.11. The van der Waals surface area contributed by atoms with E-state index in [9.17, 15) is 19.3 Å². The lowest BCUT2D eigenvalue weighted by atomic mass is 10.2. The molecule has 0 aliphatic carbocycles. The van der Waals surface area contributed by atoms with Crippen molar-refractivity contribution in [1.29, 1.82) is 0 Å². The predicted octanol–water partition coefficient (Wildman–Crippen LogP) is -1.53. The van der Waals surface area contributed by atoms with Gasteiger partial charge in [0.1, 0.15) is 18.5 Å². The van der Waals surface area contributed by atoms with E-state index in [4.69, 9.17) is 25.2 Å². The van der Waals surface area contributed by atoms with Crippen LogP contribution in [0.4, 0.5) is 5.82 Å². The summed E-state index contributed by atoms with van der Waals surface area (Å²) in [6, 6.07) is -0.0702. The number of carbonyl (C=O) groups is 2. The first kappa shape index (κ1) is 19.2. The number of ether oxygens (including phenoxy) is 1. The molecule has 1 aromatic heterocycles. The second-order valence-electron chi connectivity index (χ2n) is 5.32. The van der Waals surface area contributed by atoms with Crippen molar-refractivity contribution in [2.24, 2.45) is 0 Å². The Morgan fingerprint density at radius 2 is 2.24 bits per heavy atom. The molecule has 3 atom stereocenters. The summed E-state index contributed by atoms with van der Waals surface area (Å²) < 4.78 is 12.0. The quantitative estimate of drug-likeness (QED) is 0.347. The maximum absolute atomic E-state index is 11.7. The molecule has 12 nitrogen and oxygen atoms in total. The highest BCUT2D eigenvalue weighted by atomic mass is 31.2. The molecule has 1 fully saturated rings. The van der Waals surface area contributed by atoms with Crippen molar-refractivity contribution in [3.05, 3.63) is 22.7 Å². The molecule has 1 saturated heterocycles. The fourth-order valence-electron chi connectivity index (χ4n) is 2.08. The Morgan fingerprint density at radius 3 is 2.76 bits per heavy atom. The zero-order valence-corrected chi connectivity index (χ0v) is 13.8. The average Bonchev–Trinajstić information content (AvgIpc) is 2.51. The van der Waals surface area contributed by atoms with Gasteiger partial charge < -0.3 is 20.7 Å². The number of hydrogen-bond acceptors (Lipinski definition) is 9. The van der Waals surface area contributed by atoms with Crippen LogP contribution in [0.3, 0.4) is 0 Å². The van der Waals surface area contributed by atoms with E-state index in [0.29, 0.717) is 0 Å². The summed E-state index contributed by atoms with van der Waals surface area (Å²) in [6.07, 6.45) is -0.210. The van der Waals surface area contributed by atoms with Crippen molar-refractivity contribution in [2.75, 3.05) is 18.7 Å². The van der Waals surface area contributed by atoms with Gasteiger partial charge in [0.25, 0.3) is 0 Å². The fraction of sp³-hybridized carbons (Fsp3) is 0.500. The number of nitrogens with one attached hydrogen (secondary N) is 1. The molecule has 25 heavy (non-hydrogen) atoms. The summed E-state index contributed by atoms with van der Waals surface area (Å²) in [5.41, 5.74) is 4.83. The molecule has 1 aromatic rings. The van der Waals surface area contributed by atoms with Crippen LogP contribution in [0.25, 0.3) is 0 Å². The van der Waals surface area contributed by atoms with E-state index in [-0.39, 0.29) is 25.3 Å². The molecule has 0 saturated carbocycles. The molecule has 0 spiro atoms. The molecule has 0 radical (unpaired) electrons. The van der Waals surface area contributed by atoms with Crippen LogP contribution < -0.4 is 16.5 Å². The lowest BCUT2D eigenvalue weighted by Gasteiger charge is -2.29. The standard InChI is InChI=1S/C12H17N4O8P/c13-9-1-2-16(12(21)14-9)4-7-5-24-25(22,6-23-7)15-8(11(19)20)3-10(17)18/h1-2,7-8,15,22H,3-6H2,(H3-,13,14,17,18,19,20,21)/p+1/t7-,8+,25?/m0/s1. The summed E-state index contributed by atoms with van der Waals surface area (Å²) in [4.78, 5) is 47.2. The van der Waals surface area contributed by atoms with E-state index >= 15 is 0 Å². The summed E-state index contributed by atoms with van der Waals surface area (Å²) in [6.45, 7) is -0.0168. The molecular weight excluding hydrogens is 359 g/mol. The first-order valence-corrected chi connectivity index (χ1v) is 8.95. The van der Waals surface area contributed by atoms with Gasteiger partial charge in [0, 0.05) is 6.20 Å². The van der Waals surface area contributed by atoms with Crippen molar-refractivity contribution >= 4 is 25.6 Å². The molecule has 1 aliphatic heterocycles. The van der Waals surface area contributed by atoms with Crippen LogP contribution in [0, 0.1) is 0 Å². The van der Waals surface area contributed by atoms with E-state index in [1.165, 1.54) is 16.8 Å².